The Hall–Kier alpha value is -2.73. The Kier molecular flexibility index (Phi) is 3.38. The SMILES string of the molecule is Nc1c([N+](=O)[O-])cnc2ccc(-c3cccc(F)c3Cl)cc12. The van der Waals surface area contributed by atoms with E-state index in [-0.39, 0.29) is 16.4 Å². The minimum Gasteiger partial charge on any atom is -0.393 e. The molecule has 0 spiro atoms. The number of nitrogens with zero attached hydrogens (tertiary/aromatic N) is 2. The second-order valence-electron chi connectivity index (χ2n) is 4.65. The van der Waals surface area contributed by atoms with Crippen LogP contribution in [0.25, 0.3) is 22.0 Å². The van der Waals surface area contributed by atoms with Crippen molar-refractivity contribution < 1.29 is 9.31 Å². The van der Waals surface area contributed by atoms with Gasteiger partial charge in [0.1, 0.15) is 17.7 Å². The van der Waals surface area contributed by atoms with Gasteiger partial charge < -0.3 is 5.73 Å². The van der Waals surface area contributed by atoms with Crippen molar-refractivity contribution >= 4 is 33.9 Å². The maximum absolute atomic E-state index is 13.6. The lowest BCUT2D eigenvalue weighted by atomic mass is 10.0. The predicted octanol–water partition coefficient (Wildman–Crippen LogP) is 4.18. The summed E-state index contributed by atoms with van der Waals surface area (Å²) in [6, 6.07) is 9.44. The van der Waals surface area contributed by atoms with Gasteiger partial charge in [0.05, 0.1) is 15.5 Å². The van der Waals surface area contributed by atoms with Crippen molar-refractivity contribution in [3.63, 3.8) is 0 Å². The Morgan fingerprint density at radius 1 is 1.27 bits per heavy atom. The van der Waals surface area contributed by atoms with Crippen LogP contribution in [0.1, 0.15) is 0 Å². The molecule has 22 heavy (non-hydrogen) atoms. The third-order valence-electron chi connectivity index (χ3n) is 3.35. The number of halogens is 2. The van der Waals surface area contributed by atoms with Gasteiger partial charge in [-0.2, -0.15) is 0 Å². The minimum atomic E-state index is -0.594. The molecule has 0 atom stereocenters. The topological polar surface area (TPSA) is 82.0 Å². The van der Waals surface area contributed by atoms with Crippen LogP contribution < -0.4 is 5.73 Å². The predicted molar refractivity (Wildman–Crippen MR) is 83.2 cm³/mol. The first-order valence-electron chi connectivity index (χ1n) is 6.26. The summed E-state index contributed by atoms with van der Waals surface area (Å²) < 4.78 is 13.6. The van der Waals surface area contributed by atoms with Crippen LogP contribution in [-0.4, -0.2) is 9.91 Å². The summed E-state index contributed by atoms with van der Waals surface area (Å²) in [6.07, 6.45) is 1.12. The number of nitrogen functional groups attached to an aromatic ring is 1. The van der Waals surface area contributed by atoms with E-state index in [4.69, 9.17) is 17.3 Å². The molecule has 2 aromatic carbocycles. The molecule has 1 heterocycles. The molecular weight excluding hydrogens is 309 g/mol. The van der Waals surface area contributed by atoms with Crippen LogP contribution >= 0.6 is 11.6 Å². The molecule has 2 N–H and O–H groups in total. The first-order chi connectivity index (χ1) is 10.5. The van der Waals surface area contributed by atoms with Crippen molar-refractivity contribution in [2.75, 3.05) is 5.73 Å². The zero-order valence-corrected chi connectivity index (χ0v) is 11.8. The Labute approximate surface area is 129 Å². The number of pyridine rings is 1. The van der Waals surface area contributed by atoms with Crippen LogP contribution in [0.3, 0.4) is 0 Å². The number of nitrogens with two attached hydrogens (primary N) is 1. The van der Waals surface area contributed by atoms with Crippen LogP contribution in [0, 0.1) is 15.9 Å². The van der Waals surface area contributed by atoms with E-state index in [9.17, 15) is 14.5 Å². The van der Waals surface area contributed by atoms with Gasteiger partial charge in [-0.25, -0.2) is 9.37 Å². The lowest BCUT2D eigenvalue weighted by molar-refractivity contribution is -0.384. The molecule has 0 fully saturated rings. The van der Waals surface area contributed by atoms with Gasteiger partial charge in [0.25, 0.3) is 0 Å². The van der Waals surface area contributed by atoms with Gasteiger partial charge in [0.2, 0.25) is 0 Å². The third kappa shape index (κ3) is 2.23. The zero-order chi connectivity index (χ0) is 15.9. The van der Waals surface area contributed by atoms with Crippen LogP contribution in [-0.2, 0) is 0 Å². The van der Waals surface area contributed by atoms with E-state index in [1.165, 1.54) is 12.1 Å². The van der Waals surface area contributed by atoms with Gasteiger partial charge in [-0.15, -0.1) is 0 Å². The maximum Gasteiger partial charge on any atom is 0.310 e. The largest absolute Gasteiger partial charge is 0.393 e. The van der Waals surface area contributed by atoms with Gasteiger partial charge in [-0.3, -0.25) is 10.1 Å². The highest BCUT2D eigenvalue weighted by atomic mass is 35.5. The molecule has 3 rings (SSSR count). The molecule has 0 saturated heterocycles. The fourth-order valence-electron chi connectivity index (χ4n) is 2.24. The van der Waals surface area contributed by atoms with Crippen molar-refractivity contribution in [1.82, 2.24) is 4.98 Å². The molecule has 0 bridgehead atoms. The summed E-state index contributed by atoms with van der Waals surface area (Å²) in [7, 11) is 0. The fourth-order valence-corrected chi connectivity index (χ4v) is 2.48. The standard InChI is InChI=1S/C15H9ClFN3O2/c16-14-9(2-1-3-11(14)17)8-4-5-12-10(6-8)15(18)13(7-19-12)20(21)22/h1-7H,(H2,18,19). The van der Waals surface area contributed by atoms with Crippen LogP contribution in [0.5, 0.6) is 0 Å². The smallest absolute Gasteiger partial charge is 0.310 e. The van der Waals surface area contributed by atoms with Crippen LogP contribution in [0.15, 0.2) is 42.6 Å². The average molecular weight is 318 g/mol. The van der Waals surface area contributed by atoms with Gasteiger partial charge in [-0.05, 0) is 23.8 Å². The van der Waals surface area contributed by atoms with Crippen molar-refractivity contribution in [1.29, 1.82) is 0 Å². The lowest BCUT2D eigenvalue weighted by Crippen LogP contribution is -1.98. The van der Waals surface area contributed by atoms with Crippen LogP contribution in [0.2, 0.25) is 5.02 Å². The highest BCUT2D eigenvalue weighted by molar-refractivity contribution is 6.33. The Morgan fingerprint density at radius 3 is 2.77 bits per heavy atom. The van der Waals surface area contributed by atoms with E-state index >= 15 is 0 Å². The second kappa shape index (κ2) is 5.23. The van der Waals surface area contributed by atoms with Crippen molar-refractivity contribution in [3.8, 4) is 11.1 Å². The number of fused-ring (bicyclic) bond motifs is 1. The molecule has 0 aliphatic heterocycles. The summed E-state index contributed by atoms with van der Waals surface area (Å²) in [4.78, 5) is 14.3. The second-order valence-corrected chi connectivity index (χ2v) is 5.03. The molecular formula is C15H9ClFN3O2. The van der Waals surface area contributed by atoms with Crippen LogP contribution in [0.4, 0.5) is 15.8 Å². The van der Waals surface area contributed by atoms with E-state index in [1.807, 2.05) is 0 Å². The average Bonchev–Trinajstić information content (AvgIpc) is 2.50. The number of aromatic nitrogens is 1. The Morgan fingerprint density at radius 2 is 2.05 bits per heavy atom. The summed E-state index contributed by atoms with van der Waals surface area (Å²) in [5, 5.41) is 11.3. The number of nitro groups is 1. The minimum absolute atomic E-state index is 0.0150. The fraction of sp³-hybridized carbons (Fsp3) is 0. The van der Waals surface area contributed by atoms with E-state index in [0.29, 0.717) is 22.0 Å². The first-order valence-corrected chi connectivity index (χ1v) is 6.64. The van der Waals surface area contributed by atoms with Gasteiger partial charge in [0.15, 0.2) is 0 Å². The summed E-state index contributed by atoms with van der Waals surface area (Å²) in [6.45, 7) is 0. The number of rotatable bonds is 2. The zero-order valence-electron chi connectivity index (χ0n) is 11.1. The molecule has 1 aromatic heterocycles. The van der Waals surface area contributed by atoms with Crippen molar-refractivity contribution in [2.24, 2.45) is 0 Å². The lowest BCUT2D eigenvalue weighted by Gasteiger charge is -2.08. The van der Waals surface area contributed by atoms with E-state index in [0.717, 1.165) is 6.20 Å². The summed E-state index contributed by atoms with van der Waals surface area (Å²) in [5.74, 6) is -0.538. The molecule has 3 aromatic rings. The monoisotopic (exact) mass is 317 g/mol. The normalized spacial score (nSPS) is 10.8. The quantitative estimate of drug-likeness (QED) is 0.567. The maximum atomic E-state index is 13.6. The first kappa shape index (κ1) is 14.2. The Balaban J connectivity index is 2.27. The highest BCUT2D eigenvalue weighted by Crippen LogP contribution is 2.35. The number of anilines is 1. The molecule has 0 aliphatic rings. The van der Waals surface area contributed by atoms with Gasteiger partial charge in [0, 0.05) is 10.9 Å². The molecule has 0 saturated carbocycles. The molecule has 5 nitrogen and oxygen atoms in total. The molecule has 0 amide bonds. The summed E-state index contributed by atoms with van der Waals surface area (Å²) in [5.41, 5.74) is 7.19. The number of hydrogen-bond acceptors (Lipinski definition) is 4. The molecule has 0 unspecified atom stereocenters. The van der Waals surface area contributed by atoms with Gasteiger partial charge >= 0.3 is 5.69 Å². The van der Waals surface area contributed by atoms with E-state index < -0.39 is 10.7 Å². The number of hydrogen-bond donors (Lipinski definition) is 1. The summed E-state index contributed by atoms with van der Waals surface area (Å²) >= 11 is 5.97. The van der Waals surface area contributed by atoms with Crippen molar-refractivity contribution in [2.45, 2.75) is 0 Å². The number of benzene rings is 2. The van der Waals surface area contributed by atoms with E-state index in [1.54, 1.807) is 24.3 Å². The molecule has 110 valence electrons. The van der Waals surface area contributed by atoms with Crippen molar-refractivity contribution in [3.05, 3.63) is 63.5 Å². The van der Waals surface area contributed by atoms with Gasteiger partial charge in [-0.1, -0.05) is 29.8 Å². The molecule has 7 heteroatoms. The Bertz CT molecular complexity index is 915. The van der Waals surface area contributed by atoms with E-state index in [2.05, 4.69) is 4.98 Å². The highest BCUT2D eigenvalue weighted by Gasteiger charge is 2.16. The molecule has 0 aliphatic carbocycles. The molecule has 0 radical (unpaired) electrons. The third-order valence-corrected chi connectivity index (χ3v) is 3.73.